The van der Waals surface area contributed by atoms with Gasteiger partial charge in [0.2, 0.25) is 0 Å². The summed E-state index contributed by atoms with van der Waals surface area (Å²) in [6.45, 7) is 0. The van der Waals surface area contributed by atoms with Crippen LogP contribution in [0.4, 0.5) is 17.1 Å². The zero-order valence-corrected chi connectivity index (χ0v) is 30.2. The van der Waals surface area contributed by atoms with E-state index < -0.39 is 0 Å². The van der Waals surface area contributed by atoms with Gasteiger partial charge in [-0.05, 0) is 90.8 Å². The van der Waals surface area contributed by atoms with E-state index in [-0.39, 0.29) is 0 Å². The molecule has 0 atom stereocenters. The second-order valence-electron chi connectivity index (χ2n) is 14.0. The minimum Gasteiger partial charge on any atom is -0.309 e. The number of benzene rings is 10. The summed E-state index contributed by atoms with van der Waals surface area (Å²) >= 11 is 1.87. The maximum Gasteiger partial charge on any atom is 0.0540 e. The van der Waals surface area contributed by atoms with Gasteiger partial charge in [-0.2, -0.15) is 0 Å². The molecule has 54 heavy (non-hydrogen) atoms. The first-order valence-electron chi connectivity index (χ1n) is 18.5. The van der Waals surface area contributed by atoms with E-state index in [1.165, 1.54) is 85.5 Å². The molecule has 0 bridgehead atoms. The van der Waals surface area contributed by atoms with Crippen molar-refractivity contribution in [3.63, 3.8) is 0 Å². The first-order chi connectivity index (χ1) is 26.8. The SMILES string of the molecule is c1ccc(-c2ccccc2N(c2ccc(-c3cccc4ccc5ccc6ccccc6c5c34)cc2)c2cccc3c2ccc2sc4ccccc4c23)cc1. The van der Waals surface area contributed by atoms with Gasteiger partial charge in [-0.3, -0.25) is 0 Å². The van der Waals surface area contributed by atoms with Gasteiger partial charge < -0.3 is 4.90 Å². The van der Waals surface area contributed by atoms with Crippen molar-refractivity contribution in [1.82, 2.24) is 0 Å². The quantitative estimate of drug-likeness (QED) is 0.161. The van der Waals surface area contributed by atoms with Crippen LogP contribution in [0.2, 0.25) is 0 Å². The topological polar surface area (TPSA) is 3.24 Å². The Labute approximate surface area is 317 Å². The molecule has 11 rings (SSSR count). The Morgan fingerprint density at radius 2 is 0.907 bits per heavy atom. The summed E-state index contributed by atoms with van der Waals surface area (Å²) in [5.41, 5.74) is 8.23. The van der Waals surface area contributed by atoms with E-state index in [0.717, 1.165) is 17.1 Å². The normalized spacial score (nSPS) is 11.7. The highest BCUT2D eigenvalue weighted by molar-refractivity contribution is 7.26. The number of fused-ring (bicyclic) bond motifs is 10. The lowest BCUT2D eigenvalue weighted by Crippen LogP contribution is -2.11. The predicted octanol–water partition coefficient (Wildman–Crippen LogP) is 15.5. The molecule has 0 saturated carbocycles. The van der Waals surface area contributed by atoms with Crippen molar-refractivity contribution in [2.24, 2.45) is 0 Å². The number of hydrogen-bond acceptors (Lipinski definition) is 2. The predicted molar refractivity (Wildman–Crippen MR) is 235 cm³/mol. The van der Waals surface area contributed by atoms with Crippen LogP contribution >= 0.6 is 11.3 Å². The monoisotopic (exact) mass is 703 g/mol. The van der Waals surface area contributed by atoms with Crippen molar-refractivity contribution >= 4 is 91.7 Å². The molecule has 0 spiro atoms. The van der Waals surface area contributed by atoms with Crippen molar-refractivity contribution in [2.75, 3.05) is 4.90 Å². The molecule has 0 fully saturated rings. The highest BCUT2D eigenvalue weighted by Crippen LogP contribution is 2.47. The second-order valence-corrected chi connectivity index (χ2v) is 15.1. The lowest BCUT2D eigenvalue weighted by molar-refractivity contribution is 1.30. The van der Waals surface area contributed by atoms with E-state index >= 15 is 0 Å². The second kappa shape index (κ2) is 12.4. The van der Waals surface area contributed by atoms with E-state index in [1.807, 2.05) is 11.3 Å². The first-order valence-corrected chi connectivity index (χ1v) is 19.3. The van der Waals surface area contributed by atoms with Gasteiger partial charge in [-0.15, -0.1) is 11.3 Å². The van der Waals surface area contributed by atoms with Crippen molar-refractivity contribution in [3.05, 3.63) is 200 Å². The largest absolute Gasteiger partial charge is 0.309 e. The molecule has 2 heteroatoms. The summed E-state index contributed by atoms with van der Waals surface area (Å²) in [5.74, 6) is 0. The lowest BCUT2D eigenvalue weighted by Gasteiger charge is -2.29. The molecule has 1 nitrogen and oxygen atoms in total. The van der Waals surface area contributed by atoms with Gasteiger partial charge in [0.05, 0.1) is 11.4 Å². The first kappa shape index (κ1) is 30.8. The third kappa shape index (κ3) is 4.85. The van der Waals surface area contributed by atoms with Crippen molar-refractivity contribution in [1.29, 1.82) is 0 Å². The Kier molecular flexibility index (Phi) is 7.11. The summed E-state index contributed by atoms with van der Waals surface area (Å²) in [6, 6.07) is 73.5. The molecular formula is C52H33NS. The van der Waals surface area contributed by atoms with E-state index in [0.29, 0.717) is 0 Å². The Morgan fingerprint density at radius 3 is 1.78 bits per heavy atom. The van der Waals surface area contributed by atoms with Gasteiger partial charge in [-0.1, -0.05) is 164 Å². The van der Waals surface area contributed by atoms with Gasteiger partial charge >= 0.3 is 0 Å². The fraction of sp³-hybridized carbons (Fsp3) is 0. The van der Waals surface area contributed by atoms with E-state index in [9.17, 15) is 0 Å². The van der Waals surface area contributed by atoms with E-state index in [1.54, 1.807) is 0 Å². The summed E-state index contributed by atoms with van der Waals surface area (Å²) in [4.78, 5) is 2.46. The summed E-state index contributed by atoms with van der Waals surface area (Å²) in [7, 11) is 0. The molecule has 0 aliphatic heterocycles. The molecule has 0 amide bonds. The molecule has 0 aliphatic rings. The third-order valence-corrected chi connectivity index (χ3v) is 12.2. The van der Waals surface area contributed by atoms with Crippen LogP contribution in [0.1, 0.15) is 0 Å². The number of anilines is 3. The number of thiophene rings is 1. The maximum atomic E-state index is 2.46. The van der Waals surface area contributed by atoms with Crippen LogP contribution in [0.25, 0.3) is 85.5 Å². The zero-order valence-electron chi connectivity index (χ0n) is 29.4. The standard InChI is InChI=1S/C52H33NS/c1-2-12-34(13-3-1)40-16-6-8-21-46(40)53(47-22-11-20-44-43(47)32-33-49-52(44)45-18-7-9-23-48(45)54-49)39-30-28-36(29-31-39)42-19-10-15-37-26-27-38-25-24-35-14-4-5-17-41(35)51(38)50(37)42/h1-33H. The molecule has 0 radical (unpaired) electrons. The van der Waals surface area contributed by atoms with Crippen LogP contribution in [0.5, 0.6) is 0 Å². The number of hydrogen-bond donors (Lipinski definition) is 0. The molecule has 1 aromatic heterocycles. The Morgan fingerprint density at radius 1 is 0.296 bits per heavy atom. The Balaban J connectivity index is 1.14. The lowest BCUT2D eigenvalue weighted by atomic mass is 9.91. The van der Waals surface area contributed by atoms with Crippen LogP contribution in [0, 0.1) is 0 Å². The van der Waals surface area contributed by atoms with Crippen LogP contribution < -0.4 is 4.90 Å². The minimum atomic E-state index is 1.11. The molecule has 0 saturated heterocycles. The molecular weight excluding hydrogens is 671 g/mol. The summed E-state index contributed by atoms with van der Waals surface area (Å²) in [6.07, 6.45) is 0. The highest BCUT2D eigenvalue weighted by Gasteiger charge is 2.21. The fourth-order valence-corrected chi connectivity index (χ4v) is 9.72. The summed E-state index contributed by atoms with van der Waals surface area (Å²) in [5, 5.41) is 12.8. The van der Waals surface area contributed by atoms with Crippen LogP contribution in [-0.2, 0) is 0 Å². The molecule has 11 aromatic rings. The van der Waals surface area contributed by atoms with E-state index in [4.69, 9.17) is 0 Å². The van der Waals surface area contributed by atoms with Crippen LogP contribution in [0.3, 0.4) is 0 Å². The average molecular weight is 704 g/mol. The fourth-order valence-electron chi connectivity index (χ4n) is 8.60. The van der Waals surface area contributed by atoms with Gasteiger partial charge in [0.15, 0.2) is 0 Å². The van der Waals surface area contributed by atoms with Crippen molar-refractivity contribution in [3.8, 4) is 22.3 Å². The maximum absolute atomic E-state index is 2.46. The number of para-hydroxylation sites is 1. The molecule has 1 heterocycles. The van der Waals surface area contributed by atoms with Gasteiger partial charge in [-0.25, -0.2) is 0 Å². The molecule has 0 N–H and O–H groups in total. The third-order valence-electron chi connectivity index (χ3n) is 11.0. The summed E-state index contributed by atoms with van der Waals surface area (Å²) < 4.78 is 2.64. The zero-order chi connectivity index (χ0) is 35.6. The van der Waals surface area contributed by atoms with Gasteiger partial charge in [0, 0.05) is 36.8 Å². The Hall–Kier alpha value is -6.74. The average Bonchev–Trinajstić information content (AvgIpc) is 3.63. The number of rotatable bonds is 5. The van der Waals surface area contributed by atoms with Crippen LogP contribution in [-0.4, -0.2) is 0 Å². The smallest absolute Gasteiger partial charge is 0.0540 e. The van der Waals surface area contributed by atoms with Crippen molar-refractivity contribution < 1.29 is 0 Å². The highest BCUT2D eigenvalue weighted by atomic mass is 32.1. The van der Waals surface area contributed by atoms with Crippen molar-refractivity contribution in [2.45, 2.75) is 0 Å². The molecule has 0 unspecified atom stereocenters. The van der Waals surface area contributed by atoms with Crippen LogP contribution in [0.15, 0.2) is 200 Å². The number of nitrogens with zero attached hydrogens (tertiary/aromatic N) is 1. The minimum absolute atomic E-state index is 1.11. The van der Waals surface area contributed by atoms with Gasteiger partial charge in [0.25, 0.3) is 0 Å². The Bertz CT molecular complexity index is 3210. The molecule has 252 valence electrons. The van der Waals surface area contributed by atoms with E-state index in [2.05, 4.69) is 205 Å². The molecule has 10 aromatic carbocycles. The molecule has 0 aliphatic carbocycles. The van der Waals surface area contributed by atoms with Gasteiger partial charge in [0.1, 0.15) is 0 Å².